The summed E-state index contributed by atoms with van der Waals surface area (Å²) in [5, 5.41) is 4.16. The number of aryl methyl sites for hydroxylation is 2. The highest BCUT2D eigenvalue weighted by Gasteiger charge is 2.17. The van der Waals surface area contributed by atoms with Crippen molar-refractivity contribution in [3.05, 3.63) is 15.6 Å². The zero-order chi connectivity index (χ0) is 13.7. The largest absolute Gasteiger partial charge is 0.339 e. The van der Waals surface area contributed by atoms with E-state index in [1.54, 1.807) is 16.2 Å². The molecular formula is C14H25Cl2N3OS. The normalized spacial score (nSPS) is 12.9. The van der Waals surface area contributed by atoms with Crippen LogP contribution in [0.4, 0.5) is 0 Å². The quantitative estimate of drug-likeness (QED) is 0.799. The molecular weight excluding hydrogens is 329 g/mol. The number of nitrogens with zero attached hydrogens (tertiary/aromatic N) is 2. The molecule has 0 atom stereocenters. The average Bonchev–Trinajstić information content (AvgIpc) is 2.80. The van der Waals surface area contributed by atoms with Crippen LogP contribution in [-0.2, 0) is 24.2 Å². The number of nitrogens with one attached hydrogen (secondary N) is 1. The van der Waals surface area contributed by atoms with E-state index in [2.05, 4.69) is 10.3 Å². The number of amides is 1. The highest BCUT2D eigenvalue weighted by molar-refractivity contribution is 7.11. The molecule has 1 heterocycles. The molecule has 21 heavy (non-hydrogen) atoms. The zero-order valence-corrected chi connectivity index (χ0v) is 15.1. The molecule has 0 saturated heterocycles. The molecule has 1 amide bonds. The summed E-state index contributed by atoms with van der Waals surface area (Å²) in [7, 11) is 3.79. The minimum absolute atomic E-state index is 0. The first-order chi connectivity index (χ1) is 9.20. The number of hydrogen-bond acceptors (Lipinski definition) is 4. The number of aromatic nitrogens is 1. The minimum atomic E-state index is 0. The van der Waals surface area contributed by atoms with Crippen LogP contribution in [0.2, 0.25) is 0 Å². The maximum atomic E-state index is 11.9. The van der Waals surface area contributed by atoms with Gasteiger partial charge in [-0.3, -0.25) is 4.79 Å². The fourth-order valence-electron chi connectivity index (χ4n) is 2.37. The van der Waals surface area contributed by atoms with Crippen molar-refractivity contribution in [2.75, 3.05) is 20.6 Å². The van der Waals surface area contributed by atoms with Gasteiger partial charge in [-0.05, 0) is 45.7 Å². The lowest BCUT2D eigenvalue weighted by atomic mass is 10.0. The van der Waals surface area contributed by atoms with Crippen molar-refractivity contribution in [1.29, 1.82) is 0 Å². The fraction of sp³-hybridized carbons (Fsp3) is 0.714. The van der Waals surface area contributed by atoms with Gasteiger partial charge in [-0.15, -0.1) is 36.2 Å². The lowest BCUT2D eigenvalue weighted by Gasteiger charge is -2.15. The molecule has 0 fully saturated rings. The van der Waals surface area contributed by atoms with Crippen molar-refractivity contribution >= 4 is 42.1 Å². The Labute approximate surface area is 143 Å². The van der Waals surface area contributed by atoms with Gasteiger partial charge in [-0.25, -0.2) is 4.98 Å². The van der Waals surface area contributed by atoms with Crippen LogP contribution in [-0.4, -0.2) is 36.4 Å². The second-order valence-electron chi connectivity index (χ2n) is 5.14. The molecule has 122 valence electrons. The SMILES string of the molecule is CNCCCC(=O)N(C)Cc1nc2c(s1)CCCC2.Cl.Cl. The topological polar surface area (TPSA) is 45.2 Å². The third kappa shape index (κ3) is 6.10. The van der Waals surface area contributed by atoms with Crippen molar-refractivity contribution in [2.45, 2.75) is 45.1 Å². The fourth-order valence-corrected chi connectivity index (χ4v) is 3.58. The predicted octanol–water partition coefficient (Wildman–Crippen LogP) is 2.82. The molecule has 1 aliphatic carbocycles. The van der Waals surface area contributed by atoms with E-state index in [4.69, 9.17) is 0 Å². The molecule has 0 saturated carbocycles. The van der Waals surface area contributed by atoms with Crippen LogP contribution in [0.15, 0.2) is 0 Å². The summed E-state index contributed by atoms with van der Waals surface area (Å²) >= 11 is 1.79. The number of rotatable bonds is 6. The van der Waals surface area contributed by atoms with Crippen molar-refractivity contribution in [3.63, 3.8) is 0 Å². The Morgan fingerprint density at radius 3 is 2.71 bits per heavy atom. The molecule has 0 spiro atoms. The van der Waals surface area contributed by atoms with Crippen LogP contribution in [0.5, 0.6) is 0 Å². The van der Waals surface area contributed by atoms with Gasteiger partial charge in [0.15, 0.2) is 0 Å². The van der Waals surface area contributed by atoms with Gasteiger partial charge in [-0.1, -0.05) is 0 Å². The summed E-state index contributed by atoms with van der Waals surface area (Å²) in [5.41, 5.74) is 1.28. The second kappa shape index (κ2) is 10.4. The van der Waals surface area contributed by atoms with E-state index in [9.17, 15) is 4.79 Å². The highest BCUT2D eigenvalue weighted by atomic mass is 35.5. The van der Waals surface area contributed by atoms with Crippen LogP contribution >= 0.6 is 36.2 Å². The van der Waals surface area contributed by atoms with E-state index in [1.807, 2.05) is 14.1 Å². The zero-order valence-electron chi connectivity index (χ0n) is 12.7. The van der Waals surface area contributed by atoms with Gasteiger partial charge < -0.3 is 10.2 Å². The average molecular weight is 354 g/mol. The molecule has 1 aromatic rings. The van der Waals surface area contributed by atoms with E-state index in [0.29, 0.717) is 13.0 Å². The maximum Gasteiger partial charge on any atom is 0.222 e. The number of carbonyl (C=O) groups is 1. The Morgan fingerprint density at radius 2 is 2.05 bits per heavy atom. The molecule has 0 bridgehead atoms. The third-order valence-corrected chi connectivity index (χ3v) is 4.65. The Kier molecular flexibility index (Phi) is 10.2. The standard InChI is InChI=1S/C14H23N3OS.2ClH/c1-15-9-5-8-14(18)17(2)10-13-16-11-6-3-4-7-12(11)19-13;;/h15H,3-10H2,1-2H3;2*1H. The van der Waals surface area contributed by atoms with Gasteiger partial charge in [-0.2, -0.15) is 0 Å². The van der Waals surface area contributed by atoms with E-state index in [0.717, 1.165) is 24.4 Å². The minimum Gasteiger partial charge on any atom is -0.339 e. The van der Waals surface area contributed by atoms with E-state index >= 15 is 0 Å². The van der Waals surface area contributed by atoms with Crippen molar-refractivity contribution in [3.8, 4) is 0 Å². The van der Waals surface area contributed by atoms with Gasteiger partial charge >= 0.3 is 0 Å². The lowest BCUT2D eigenvalue weighted by Crippen LogP contribution is -2.26. The van der Waals surface area contributed by atoms with Crippen LogP contribution < -0.4 is 5.32 Å². The third-order valence-electron chi connectivity index (χ3n) is 3.51. The van der Waals surface area contributed by atoms with E-state index in [-0.39, 0.29) is 30.7 Å². The summed E-state index contributed by atoms with van der Waals surface area (Å²) < 4.78 is 0. The van der Waals surface area contributed by atoms with Crippen LogP contribution in [0, 0.1) is 0 Å². The van der Waals surface area contributed by atoms with Crippen molar-refractivity contribution in [1.82, 2.24) is 15.2 Å². The molecule has 0 aliphatic heterocycles. The Bertz CT molecular complexity index is 416. The number of fused-ring (bicyclic) bond motifs is 1. The summed E-state index contributed by atoms with van der Waals surface area (Å²) in [6, 6.07) is 0. The first kappa shape index (κ1) is 20.6. The summed E-state index contributed by atoms with van der Waals surface area (Å²) in [6.07, 6.45) is 6.34. The van der Waals surface area contributed by atoms with Crippen molar-refractivity contribution < 1.29 is 4.79 Å². The van der Waals surface area contributed by atoms with Gasteiger partial charge in [0.2, 0.25) is 5.91 Å². The molecule has 1 aromatic heterocycles. The predicted molar refractivity (Wildman–Crippen MR) is 92.9 cm³/mol. The van der Waals surface area contributed by atoms with Gasteiger partial charge in [0.1, 0.15) is 5.01 Å². The van der Waals surface area contributed by atoms with Crippen LogP contribution in [0.25, 0.3) is 0 Å². The van der Waals surface area contributed by atoms with E-state index < -0.39 is 0 Å². The van der Waals surface area contributed by atoms with Crippen molar-refractivity contribution in [2.24, 2.45) is 0 Å². The van der Waals surface area contributed by atoms with E-state index in [1.165, 1.54) is 29.8 Å². The number of hydrogen-bond donors (Lipinski definition) is 1. The number of carbonyl (C=O) groups excluding carboxylic acids is 1. The van der Waals surface area contributed by atoms with Gasteiger partial charge in [0.25, 0.3) is 0 Å². The molecule has 0 aromatic carbocycles. The molecule has 1 N–H and O–H groups in total. The lowest BCUT2D eigenvalue weighted by molar-refractivity contribution is -0.130. The summed E-state index contributed by atoms with van der Waals surface area (Å²) in [4.78, 5) is 19.9. The molecule has 2 rings (SSSR count). The Hall–Kier alpha value is -0.360. The summed E-state index contributed by atoms with van der Waals surface area (Å²) in [6.45, 7) is 1.56. The number of thiazole rings is 1. The van der Waals surface area contributed by atoms with Gasteiger partial charge in [0, 0.05) is 18.3 Å². The van der Waals surface area contributed by atoms with Crippen LogP contribution in [0.1, 0.15) is 41.3 Å². The monoisotopic (exact) mass is 353 g/mol. The maximum absolute atomic E-state index is 11.9. The second-order valence-corrected chi connectivity index (χ2v) is 6.31. The Balaban J connectivity index is 0.00000200. The summed E-state index contributed by atoms with van der Waals surface area (Å²) in [5.74, 6) is 0.212. The molecule has 7 heteroatoms. The molecule has 0 radical (unpaired) electrons. The first-order valence-electron chi connectivity index (χ1n) is 7.06. The smallest absolute Gasteiger partial charge is 0.222 e. The highest BCUT2D eigenvalue weighted by Crippen LogP contribution is 2.27. The van der Waals surface area contributed by atoms with Gasteiger partial charge in [0.05, 0.1) is 12.2 Å². The Morgan fingerprint density at radius 1 is 1.33 bits per heavy atom. The van der Waals surface area contributed by atoms with Crippen LogP contribution in [0.3, 0.4) is 0 Å². The number of halogens is 2. The molecule has 4 nitrogen and oxygen atoms in total. The first-order valence-corrected chi connectivity index (χ1v) is 7.88. The molecule has 0 unspecified atom stereocenters. The molecule has 1 aliphatic rings.